The molecule has 0 spiro atoms. The quantitative estimate of drug-likeness (QED) is 0.461. The lowest BCUT2D eigenvalue weighted by molar-refractivity contribution is 0.753. The van der Waals surface area contributed by atoms with Gasteiger partial charge in [0.2, 0.25) is 0 Å². The highest BCUT2D eigenvalue weighted by atomic mass is 32.2. The van der Waals surface area contributed by atoms with Crippen molar-refractivity contribution in [3.05, 3.63) is 35.4 Å². The first-order valence-electron chi connectivity index (χ1n) is 7.25. The summed E-state index contributed by atoms with van der Waals surface area (Å²) in [6.07, 6.45) is 2.12. The van der Waals surface area contributed by atoms with Crippen molar-refractivity contribution < 1.29 is 0 Å². The molecular formula is C16H27N3S. The minimum absolute atomic E-state index is 0.436. The maximum Gasteiger partial charge on any atom is 0.191 e. The third-order valence-electron chi connectivity index (χ3n) is 3.08. The van der Waals surface area contributed by atoms with Crippen LogP contribution in [0.1, 0.15) is 30.9 Å². The Bertz CT molecular complexity index is 418. The number of guanidine groups is 1. The van der Waals surface area contributed by atoms with Crippen molar-refractivity contribution in [2.24, 2.45) is 4.99 Å². The first kappa shape index (κ1) is 16.9. The summed E-state index contributed by atoms with van der Waals surface area (Å²) in [7, 11) is 0. The van der Waals surface area contributed by atoms with Crippen LogP contribution in [0, 0.1) is 6.92 Å². The normalized spacial score (nSPS) is 13.1. The highest BCUT2D eigenvalue weighted by Crippen LogP contribution is 2.16. The smallest absolute Gasteiger partial charge is 0.191 e. The lowest BCUT2D eigenvalue weighted by Crippen LogP contribution is -2.38. The molecule has 1 unspecified atom stereocenters. The average Bonchev–Trinajstić information content (AvgIpc) is 2.44. The van der Waals surface area contributed by atoms with E-state index in [1.807, 2.05) is 11.8 Å². The van der Waals surface area contributed by atoms with E-state index in [-0.39, 0.29) is 0 Å². The van der Waals surface area contributed by atoms with Gasteiger partial charge in [0.05, 0.1) is 0 Å². The number of hydrogen-bond acceptors (Lipinski definition) is 2. The topological polar surface area (TPSA) is 36.4 Å². The van der Waals surface area contributed by atoms with Crippen molar-refractivity contribution in [3.8, 4) is 0 Å². The van der Waals surface area contributed by atoms with E-state index in [0.717, 1.165) is 31.3 Å². The molecule has 0 heterocycles. The second kappa shape index (κ2) is 9.70. The molecule has 0 radical (unpaired) electrons. The maximum absolute atomic E-state index is 4.68. The summed E-state index contributed by atoms with van der Waals surface area (Å²) in [4.78, 5) is 4.68. The zero-order valence-corrected chi connectivity index (χ0v) is 13.9. The number of rotatable bonds is 7. The molecular weight excluding hydrogens is 266 g/mol. The highest BCUT2D eigenvalue weighted by molar-refractivity contribution is 7.98. The van der Waals surface area contributed by atoms with Crippen LogP contribution in [0.25, 0.3) is 0 Å². The Morgan fingerprint density at radius 3 is 2.80 bits per heavy atom. The molecule has 0 bridgehead atoms. The Hall–Kier alpha value is -1.16. The molecule has 0 saturated carbocycles. The lowest BCUT2D eigenvalue weighted by atomic mass is 10.00. The van der Waals surface area contributed by atoms with Gasteiger partial charge in [-0.1, -0.05) is 36.8 Å². The van der Waals surface area contributed by atoms with E-state index in [4.69, 9.17) is 0 Å². The molecule has 20 heavy (non-hydrogen) atoms. The average molecular weight is 293 g/mol. The van der Waals surface area contributed by atoms with E-state index in [1.54, 1.807) is 0 Å². The summed E-state index contributed by atoms with van der Waals surface area (Å²) in [6, 6.07) is 8.68. The largest absolute Gasteiger partial charge is 0.357 e. The third kappa shape index (κ3) is 6.33. The molecule has 4 heteroatoms. The standard InChI is InChI=1S/C16H27N3S/c1-5-17-16(18-9-10-20-4)19-12-14(3)15-8-6-7-13(2)11-15/h6-8,11,14H,5,9-10,12H2,1-4H3,(H2,17,18,19). The third-order valence-corrected chi connectivity index (χ3v) is 3.69. The van der Waals surface area contributed by atoms with Crippen LogP contribution in [-0.2, 0) is 0 Å². The summed E-state index contributed by atoms with van der Waals surface area (Å²) in [5.41, 5.74) is 2.66. The molecule has 0 aliphatic carbocycles. The highest BCUT2D eigenvalue weighted by Gasteiger charge is 2.05. The molecule has 0 aliphatic rings. The minimum atomic E-state index is 0.436. The molecule has 0 aromatic heterocycles. The number of nitrogens with zero attached hydrogens (tertiary/aromatic N) is 1. The monoisotopic (exact) mass is 293 g/mol. The van der Waals surface area contributed by atoms with Crippen LogP contribution in [0.5, 0.6) is 0 Å². The van der Waals surface area contributed by atoms with Crippen molar-refractivity contribution >= 4 is 17.7 Å². The second-order valence-corrected chi connectivity index (χ2v) is 5.94. The maximum atomic E-state index is 4.68. The van der Waals surface area contributed by atoms with Gasteiger partial charge in [0.1, 0.15) is 0 Å². The van der Waals surface area contributed by atoms with Crippen LogP contribution in [0.15, 0.2) is 29.3 Å². The first-order valence-corrected chi connectivity index (χ1v) is 8.64. The van der Waals surface area contributed by atoms with Gasteiger partial charge in [0, 0.05) is 31.3 Å². The van der Waals surface area contributed by atoms with Gasteiger partial charge in [-0.25, -0.2) is 0 Å². The fraction of sp³-hybridized carbons (Fsp3) is 0.562. The Morgan fingerprint density at radius 2 is 2.15 bits per heavy atom. The van der Waals surface area contributed by atoms with Crippen LogP contribution >= 0.6 is 11.8 Å². The molecule has 0 saturated heterocycles. The molecule has 1 aromatic rings. The number of nitrogens with one attached hydrogen (secondary N) is 2. The van der Waals surface area contributed by atoms with Gasteiger partial charge < -0.3 is 10.6 Å². The van der Waals surface area contributed by atoms with Gasteiger partial charge in [0.15, 0.2) is 5.96 Å². The van der Waals surface area contributed by atoms with E-state index in [1.165, 1.54) is 11.1 Å². The van der Waals surface area contributed by atoms with Crippen LogP contribution < -0.4 is 10.6 Å². The van der Waals surface area contributed by atoms with Gasteiger partial charge in [-0.15, -0.1) is 0 Å². The van der Waals surface area contributed by atoms with E-state index >= 15 is 0 Å². The predicted octanol–water partition coefficient (Wildman–Crippen LogP) is 3.02. The fourth-order valence-corrected chi connectivity index (χ4v) is 2.23. The predicted molar refractivity (Wildman–Crippen MR) is 92.0 cm³/mol. The molecule has 112 valence electrons. The second-order valence-electron chi connectivity index (χ2n) is 4.95. The molecule has 0 aliphatic heterocycles. The lowest BCUT2D eigenvalue weighted by Gasteiger charge is -2.14. The van der Waals surface area contributed by atoms with Crippen molar-refractivity contribution in [1.29, 1.82) is 0 Å². The Labute approximate surface area is 127 Å². The zero-order chi connectivity index (χ0) is 14.8. The minimum Gasteiger partial charge on any atom is -0.357 e. The van der Waals surface area contributed by atoms with Gasteiger partial charge >= 0.3 is 0 Å². The van der Waals surface area contributed by atoms with Crippen molar-refractivity contribution in [1.82, 2.24) is 10.6 Å². The summed E-state index contributed by atoms with van der Waals surface area (Å²) in [6.45, 7) is 9.10. The Morgan fingerprint density at radius 1 is 1.35 bits per heavy atom. The summed E-state index contributed by atoms with van der Waals surface area (Å²) in [5.74, 6) is 2.45. The van der Waals surface area contributed by atoms with Gasteiger partial charge in [0.25, 0.3) is 0 Å². The van der Waals surface area contributed by atoms with E-state index in [9.17, 15) is 0 Å². The van der Waals surface area contributed by atoms with Crippen LogP contribution in [0.2, 0.25) is 0 Å². The van der Waals surface area contributed by atoms with Gasteiger partial charge in [-0.2, -0.15) is 11.8 Å². The summed E-state index contributed by atoms with van der Waals surface area (Å²) >= 11 is 1.84. The number of aliphatic imine (C=N–C) groups is 1. The molecule has 3 nitrogen and oxygen atoms in total. The molecule has 0 amide bonds. The van der Waals surface area contributed by atoms with Crippen molar-refractivity contribution in [2.75, 3.05) is 31.6 Å². The Kier molecular flexibility index (Phi) is 8.19. The SMILES string of the molecule is CCNC(=NCC(C)c1cccc(C)c1)NCCSC. The van der Waals surface area contributed by atoms with E-state index in [2.05, 4.69) is 66.9 Å². The number of thioether (sulfide) groups is 1. The van der Waals surface area contributed by atoms with Crippen molar-refractivity contribution in [2.45, 2.75) is 26.7 Å². The molecule has 0 fully saturated rings. The van der Waals surface area contributed by atoms with E-state index in [0.29, 0.717) is 5.92 Å². The van der Waals surface area contributed by atoms with Gasteiger partial charge in [-0.05, 0) is 25.7 Å². The van der Waals surface area contributed by atoms with Crippen LogP contribution in [-0.4, -0.2) is 37.6 Å². The molecule has 1 atom stereocenters. The zero-order valence-electron chi connectivity index (χ0n) is 13.1. The summed E-state index contributed by atoms with van der Waals surface area (Å²) < 4.78 is 0. The van der Waals surface area contributed by atoms with Crippen LogP contribution in [0.3, 0.4) is 0 Å². The number of aryl methyl sites for hydroxylation is 1. The van der Waals surface area contributed by atoms with Crippen LogP contribution in [0.4, 0.5) is 0 Å². The fourth-order valence-electron chi connectivity index (χ4n) is 1.92. The summed E-state index contributed by atoms with van der Waals surface area (Å²) in [5, 5.41) is 6.65. The molecule has 1 aromatic carbocycles. The van der Waals surface area contributed by atoms with Crippen molar-refractivity contribution in [3.63, 3.8) is 0 Å². The Balaban J connectivity index is 2.56. The molecule has 1 rings (SSSR count). The molecule has 2 N–H and O–H groups in total. The first-order chi connectivity index (χ1) is 9.67. The van der Waals surface area contributed by atoms with Gasteiger partial charge in [-0.3, -0.25) is 4.99 Å². The number of hydrogen-bond donors (Lipinski definition) is 2. The van der Waals surface area contributed by atoms with E-state index < -0.39 is 0 Å². The number of benzene rings is 1.